The van der Waals surface area contributed by atoms with Gasteiger partial charge in [-0.25, -0.2) is 9.67 Å². The third-order valence-electron chi connectivity index (χ3n) is 3.25. The zero-order valence-electron chi connectivity index (χ0n) is 13.2. The molecule has 2 rings (SSSR count). The van der Waals surface area contributed by atoms with Gasteiger partial charge >= 0.3 is 0 Å². The molecule has 5 heteroatoms. The molecule has 0 aliphatic carbocycles. The van der Waals surface area contributed by atoms with Crippen molar-refractivity contribution >= 4 is 0 Å². The molecule has 2 aromatic rings. The number of hydrogen-bond donors (Lipinski definition) is 0. The number of aryl methyl sites for hydroxylation is 2. The summed E-state index contributed by atoms with van der Waals surface area (Å²) < 4.78 is 13.1. The summed E-state index contributed by atoms with van der Waals surface area (Å²) in [6.45, 7) is 6.94. The smallest absolute Gasteiger partial charge is 0.168 e. The molecule has 1 atom stereocenters. The first-order valence-electron chi connectivity index (χ1n) is 7.36. The van der Waals surface area contributed by atoms with Gasteiger partial charge in [0, 0.05) is 12.6 Å². The molecule has 0 saturated heterocycles. The van der Waals surface area contributed by atoms with Gasteiger partial charge in [0.1, 0.15) is 17.3 Å². The molecule has 1 heterocycles. The van der Waals surface area contributed by atoms with Crippen LogP contribution in [0.4, 0.5) is 0 Å². The number of ether oxygens (including phenoxy) is 2. The van der Waals surface area contributed by atoms with Crippen molar-refractivity contribution in [3.05, 3.63) is 35.9 Å². The molecule has 0 amide bonds. The van der Waals surface area contributed by atoms with Crippen LogP contribution in [0.25, 0.3) is 0 Å². The van der Waals surface area contributed by atoms with E-state index in [2.05, 4.69) is 17.0 Å². The Hall–Kier alpha value is -2.04. The van der Waals surface area contributed by atoms with E-state index >= 15 is 0 Å². The topological polar surface area (TPSA) is 49.2 Å². The highest BCUT2D eigenvalue weighted by Gasteiger charge is 2.16. The molecular weight excluding hydrogens is 266 g/mol. The Morgan fingerprint density at radius 3 is 2.76 bits per heavy atom. The summed E-state index contributed by atoms with van der Waals surface area (Å²) >= 11 is 0. The number of rotatable bonds is 7. The maximum Gasteiger partial charge on any atom is 0.168 e. The van der Waals surface area contributed by atoms with Crippen molar-refractivity contribution in [2.45, 2.75) is 46.3 Å². The fourth-order valence-electron chi connectivity index (χ4n) is 2.18. The third kappa shape index (κ3) is 3.97. The minimum Gasteiger partial charge on any atom is -0.497 e. The van der Waals surface area contributed by atoms with Crippen molar-refractivity contribution in [3.63, 3.8) is 0 Å². The number of aromatic nitrogens is 3. The highest BCUT2D eigenvalue weighted by molar-refractivity contribution is 5.33. The molecule has 5 nitrogen and oxygen atoms in total. The van der Waals surface area contributed by atoms with E-state index in [4.69, 9.17) is 9.47 Å². The molecule has 0 radical (unpaired) electrons. The predicted octanol–water partition coefficient (Wildman–Crippen LogP) is 3.54. The van der Waals surface area contributed by atoms with Crippen LogP contribution in [0.15, 0.2) is 24.3 Å². The van der Waals surface area contributed by atoms with E-state index < -0.39 is 0 Å². The summed E-state index contributed by atoms with van der Waals surface area (Å²) in [6.07, 6.45) is 2.06. The number of methoxy groups -OCH3 is 1. The third-order valence-corrected chi connectivity index (χ3v) is 3.25. The van der Waals surface area contributed by atoms with Gasteiger partial charge in [0.05, 0.1) is 7.11 Å². The first-order chi connectivity index (χ1) is 10.1. The lowest BCUT2D eigenvalue weighted by atomic mass is 10.3. The number of benzene rings is 1. The Morgan fingerprint density at radius 1 is 1.29 bits per heavy atom. The zero-order valence-corrected chi connectivity index (χ0v) is 13.2. The van der Waals surface area contributed by atoms with E-state index in [1.54, 1.807) is 7.11 Å². The quantitative estimate of drug-likeness (QED) is 0.782. The lowest BCUT2D eigenvalue weighted by molar-refractivity contribution is 0.207. The molecule has 0 fully saturated rings. The van der Waals surface area contributed by atoms with E-state index in [1.165, 1.54) is 0 Å². The highest BCUT2D eigenvalue weighted by Crippen LogP contribution is 2.24. The van der Waals surface area contributed by atoms with Crippen molar-refractivity contribution in [1.82, 2.24) is 14.8 Å². The van der Waals surface area contributed by atoms with Crippen molar-refractivity contribution in [3.8, 4) is 11.5 Å². The molecule has 0 bridgehead atoms. The van der Waals surface area contributed by atoms with Crippen molar-refractivity contribution in [2.24, 2.45) is 0 Å². The SMILES string of the molecule is CCCCn1nc(C)nc1[C@H](C)Oc1cccc(OC)c1. The zero-order chi connectivity index (χ0) is 15.2. The van der Waals surface area contributed by atoms with Gasteiger partial charge in [0.2, 0.25) is 0 Å². The molecule has 1 aromatic heterocycles. The minimum absolute atomic E-state index is 0.157. The second-order valence-electron chi connectivity index (χ2n) is 5.03. The Morgan fingerprint density at radius 2 is 2.05 bits per heavy atom. The molecular formula is C16H23N3O2. The molecule has 0 aliphatic heterocycles. The van der Waals surface area contributed by atoms with E-state index in [-0.39, 0.29) is 6.10 Å². The minimum atomic E-state index is -0.157. The summed E-state index contributed by atoms with van der Waals surface area (Å²) in [5.41, 5.74) is 0. The lowest BCUT2D eigenvalue weighted by Crippen LogP contribution is -2.13. The second-order valence-corrected chi connectivity index (χ2v) is 5.03. The molecule has 0 saturated carbocycles. The van der Waals surface area contributed by atoms with Gasteiger partial charge in [-0.1, -0.05) is 19.4 Å². The van der Waals surface area contributed by atoms with E-state index in [0.29, 0.717) is 0 Å². The molecule has 0 unspecified atom stereocenters. The highest BCUT2D eigenvalue weighted by atomic mass is 16.5. The predicted molar refractivity (Wildman–Crippen MR) is 81.7 cm³/mol. The summed E-state index contributed by atoms with van der Waals surface area (Å²) in [7, 11) is 1.65. The van der Waals surface area contributed by atoms with Crippen LogP contribution in [0.3, 0.4) is 0 Å². The maximum atomic E-state index is 5.97. The van der Waals surface area contributed by atoms with E-state index in [0.717, 1.165) is 42.5 Å². The first kappa shape index (κ1) is 15.4. The normalized spacial score (nSPS) is 12.2. The van der Waals surface area contributed by atoms with E-state index in [9.17, 15) is 0 Å². The maximum absolute atomic E-state index is 5.97. The lowest BCUT2D eigenvalue weighted by Gasteiger charge is -2.15. The standard InChI is InChI=1S/C16H23N3O2/c1-5-6-10-19-16(17-13(3)18-19)12(2)21-15-9-7-8-14(11-15)20-4/h7-9,11-12H,5-6,10H2,1-4H3/t12-/m0/s1. The second kappa shape index (κ2) is 7.11. The van der Waals surface area contributed by atoms with Crippen molar-refractivity contribution in [1.29, 1.82) is 0 Å². The Bertz CT molecular complexity index is 581. The molecule has 0 N–H and O–H groups in total. The fourth-order valence-corrected chi connectivity index (χ4v) is 2.18. The summed E-state index contributed by atoms with van der Waals surface area (Å²) in [4.78, 5) is 4.50. The monoisotopic (exact) mass is 289 g/mol. The van der Waals surface area contributed by atoms with Gasteiger partial charge in [-0.05, 0) is 32.4 Å². The number of unbranched alkanes of at least 4 members (excludes halogenated alkanes) is 1. The van der Waals surface area contributed by atoms with Gasteiger partial charge in [-0.3, -0.25) is 0 Å². The Labute approximate surface area is 125 Å². The Kier molecular flexibility index (Phi) is 5.20. The van der Waals surface area contributed by atoms with Crippen molar-refractivity contribution in [2.75, 3.05) is 7.11 Å². The molecule has 1 aromatic carbocycles. The first-order valence-corrected chi connectivity index (χ1v) is 7.36. The van der Waals surface area contributed by atoms with Crippen LogP contribution in [0.1, 0.15) is 44.4 Å². The summed E-state index contributed by atoms with van der Waals surface area (Å²) in [5.74, 6) is 3.19. The van der Waals surface area contributed by atoms with Gasteiger partial charge in [-0.2, -0.15) is 5.10 Å². The van der Waals surface area contributed by atoms with Gasteiger partial charge < -0.3 is 9.47 Å². The largest absolute Gasteiger partial charge is 0.497 e. The molecule has 0 aliphatic rings. The van der Waals surface area contributed by atoms with E-state index in [1.807, 2.05) is 42.8 Å². The number of hydrogen-bond acceptors (Lipinski definition) is 4. The summed E-state index contributed by atoms with van der Waals surface area (Å²) in [5, 5.41) is 4.45. The average molecular weight is 289 g/mol. The van der Waals surface area contributed by atoms with Crippen LogP contribution >= 0.6 is 0 Å². The van der Waals surface area contributed by atoms with Crippen molar-refractivity contribution < 1.29 is 9.47 Å². The number of nitrogens with zero attached hydrogens (tertiary/aromatic N) is 3. The summed E-state index contributed by atoms with van der Waals surface area (Å²) in [6, 6.07) is 7.59. The van der Waals surface area contributed by atoms with Gasteiger partial charge in [0.15, 0.2) is 11.9 Å². The van der Waals surface area contributed by atoms with Gasteiger partial charge in [0.25, 0.3) is 0 Å². The Balaban J connectivity index is 2.13. The van der Waals surface area contributed by atoms with Crippen LogP contribution < -0.4 is 9.47 Å². The fraction of sp³-hybridized carbons (Fsp3) is 0.500. The average Bonchev–Trinajstić information content (AvgIpc) is 2.86. The van der Waals surface area contributed by atoms with Gasteiger partial charge in [-0.15, -0.1) is 0 Å². The van der Waals surface area contributed by atoms with Crippen LogP contribution in [0.2, 0.25) is 0 Å². The molecule has 0 spiro atoms. The van der Waals surface area contributed by atoms with Crippen LogP contribution in [-0.4, -0.2) is 21.9 Å². The van der Waals surface area contributed by atoms with Crippen LogP contribution in [0, 0.1) is 6.92 Å². The van der Waals surface area contributed by atoms with Crippen LogP contribution in [0.5, 0.6) is 11.5 Å². The molecule has 114 valence electrons. The molecule has 21 heavy (non-hydrogen) atoms. The van der Waals surface area contributed by atoms with Crippen LogP contribution in [-0.2, 0) is 6.54 Å².